The maximum absolute atomic E-state index is 14.2. The molecule has 312 valence electrons. The van der Waals surface area contributed by atoms with E-state index in [2.05, 4.69) is 97.1 Å². The molecule has 0 saturated heterocycles. The predicted octanol–water partition coefficient (Wildman–Crippen LogP) is 10.9. The minimum Gasteiger partial charge on any atom is -0.268 e. The van der Waals surface area contributed by atoms with Gasteiger partial charge >= 0.3 is 0 Å². The Hall–Kier alpha value is -6.14. The first-order chi connectivity index (χ1) is 31.4. The van der Waals surface area contributed by atoms with Crippen LogP contribution in [0.25, 0.3) is 10.8 Å². The maximum atomic E-state index is 14.2. The minimum absolute atomic E-state index is 0.280. The molecule has 2 heterocycles. The molecule has 0 N–H and O–H groups in total. The van der Waals surface area contributed by atoms with Gasteiger partial charge in [0.2, 0.25) is 0 Å². The Kier molecular flexibility index (Phi) is 12.1. The lowest BCUT2D eigenvalue weighted by Gasteiger charge is -2.32. The van der Waals surface area contributed by atoms with Crippen LogP contribution >= 0.6 is 39.4 Å². The fraction of sp³-hybridized carbons (Fsp3) is 0.0741. The molecular formula is C54H40N2O4P2S2. The van der Waals surface area contributed by atoms with Gasteiger partial charge in [-0.3, -0.25) is 19.2 Å². The zero-order valence-electron chi connectivity index (χ0n) is 34.5. The van der Waals surface area contributed by atoms with E-state index >= 15 is 0 Å². The van der Waals surface area contributed by atoms with E-state index in [-0.39, 0.29) is 22.3 Å². The van der Waals surface area contributed by atoms with E-state index in [9.17, 15) is 19.2 Å². The standard InChI is InChI=1S/C54H40N2O4P2S2/c57-51-45-29-31-47-50-48(54(60)56(53(47)59)38-23-27-44(28-24-38)64-36-34-62(41-17-9-3-10-18-41)42-19-11-4-12-20-42)32-30-46(49(45)50)52(58)55(51)37-21-25-43(26-22-37)63-35-33-61(39-13-5-1-6-14-39)40-15-7-2-8-16-40/h1-32H,33-36H2. The van der Waals surface area contributed by atoms with E-state index in [1.54, 1.807) is 47.8 Å². The van der Waals surface area contributed by atoms with Crippen LogP contribution < -0.4 is 31.0 Å². The van der Waals surface area contributed by atoms with Crippen molar-refractivity contribution in [1.82, 2.24) is 0 Å². The maximum Gasteiger partial charge on any atom is 0.265 e. The Labute approximate surface area is 383 Å². The van der Waals surface area contributed by atoms with Gasteiger partial charge in [0.05, 0.1) is 11.4 Å². The number of hydrogen-bond acceptors (Lipinski definition) is 6. The fourth-order valence-corrected chi connectivity index (χ4v) is 15.6. The first-order valence-corrected chi connectivity index (χ1v) is 26.1. The van der Waals surface area contributed by atoms with Crippen LogP contribution in [-0.4, -0.2) is 47.5 Å². The summed E-state index contributed by atoms with van der Waals surface area (Å²) in [6.45, 7) is 0. The Bertz CT molecular complexity index is 2670. The summed E-state index contributed by atoms with van der Waals surface area (Å²) < 4.78 is 0. The third kappa shape index (κ3) is 8.12. The van der Waals surface area contributed by atoms with Gasteiger partial charge in [0.25, 0.3) is 23.6 Å². The van der Waals surface area contributed by atoms with Crippen molar-refractivity contribution in [1.29, 1.82) is 0 Å². The second-order valence-electron chi connectivity index (χ2n) is 15.3. The van der Waals surface area contributed by atoms with Crippen LogP contribution in [0, 0.1) is 0 Å². The number of carbonyl (C=O) groups is 4. The van der Waals surface area contributed by atoms with Crippen LogP contribution in [-0.2, 0) is 0 Å². The summed E-state index contributed by atoms with van der Waals surface area (Å²) >= 11 is 3.51. The third-order valence-corrected chi connectivity index (χ3v) is 19.2. The van der Waals surface area contributed by atoms with Crippen LogP contribution in [0.4, 0.5) is 11.4 Å². The van der Waals surface area contributed by atoms with E-state index in [1.807, 2.05) is 72.8 Å². The lowest BCUT2D eigenvalue weighted by atomic mass is 9.85. The average molecular weight is 907 g/mol. The fourth-order valence-electron chi connectivity index (χ4n) is 8.48. The molecule has 0 spiro atoms. The smallest absolute Gasteiger partial charge is 0.265 e. The Balaban J connectivity index is 0.830. The molecule has 10 rings (SSSR count). The second-order valence-corrected chi connectivity index (χ2v) is 22.3. The van der Waals surface area contributed by atoms with Crippen LogP contribution in [0.5, 0.6) is 0 Å². The van der Waals surface area contributed by atoms with Crippen molar-refractivity contribution in [3.8, 4) is 0 Å². The van der Waals surface area contributed by atoms with E-state index in [0.717, 1.165) is 33.6 Å². The molecule has 64 heavy (non-hydrogen) atoms. The zero-order chi connectivity index (χ0) is 43.6. The molecule has 0 bridgehead atoms. The molecule has 0 aliphatic carbocycles. The van der Waals surface area contributed by atoms with Gasteiger partial charge in [-0.1, -0.05) is 121 Å². The monoisotopic (exact) mass is 906 g/mol. The van der Waals surface area contributed by atoms with Gasteiger partial charge < -0.3 is 0 Å². The zero-order valence-corrected chi connectivity index (χ0v) is 38.0. The Morgan fingerprint density at radius 2 is 0.594 bits per heavy atom. The quantitative estimate of drug-likeness (QED) is 0.0615. The molecule has 0 atom stereocenters. The van der Waals surface area contributed by atoms with Gasteiger partial charge in [-0.05, 0) is 122 Å². The third-order valence-electron chi connectivity index (χ3n) is 11.5. The molecule has 6 nitrogen and oxygen atoms in total. The van der Waals surface area contributed by atoms with E-state index in [1.165, 1.54) is 31.0 Å². The van der Waals surface area contributed by atoms with Crippen LogP contribution in [0.15, 0.2) is 204 Å². The van der Waals surface area contributed by atoms with Crippen molar-refractivity contribution < 1.29 is 19.2 Å². The van der Waals surface area contributed by atoms with Gasteiger partial charge in [-0.15, -0.1) is 23.5 Å². The van der Waals surface area contributed by atoms with Gasteiger partial charge in [0.1, 0.15) is 0 Å². The highest BCUT2D eigenvalue weighted by molar-refractivity contribution is 8.00. The second kappa shape index (κ2) is 18.5. The first-order valence-electron chi connectivity index (χ1n) is 21.0. The summed E-state index contributed by atoms with van der Waals surface area (Å²) in [5.74, 6) is -0.160. The average Bonchev–Trinajstić information content (AvgIpc) is 3.35. The SMILES string of the molecule is O=C1c2ccc3c4c(ccc(c24)C(=O)N1c1ccc(SCCP(c2ccccc2)c2ccccc2)cc1)C(=O)N(c1ccc(SCCP(c2ccccc2)c2ccccc2)cc1)C3=O. The van der Waals surface area contributed by atoms with Crippen molar-refractivity contribution in [2.75, 3.05) is 33.6 Å². The molecule has 8 aromatic rings. The van der Waals surface area contributed by atoms with Crippen molar-refractivity contribution in [2.45, 2.75) is 9.79 Å². The number of rotatable bonds is 14. The van der Waals surface area contributed by atoms with Crippen molar-refractivity contribution in [2.24, 2.45) is 0 Å². The number of hydrogen-bond donors (Lipinski definition) is 0. The number of nitrogens with zero attached hydrogens (tertiary/aromatic N) is 2. The lowest BCUT2D eigenvalue weighted by molar-refractivity contribution is 0.0873. The minimum atomic E-state index is -0.519. The van der Waals surface area contributed by atoms with Crippen LogP contribution in [0.3, 0.4) is 0 Å². The van der Waals surface area contributed by atoms with E-state index < -0.39 is 39.5 Å². The van der Waals surface area contributed by atoms with Gasteiger partial charge in [0, 0.05) is 54.3 Å². The summed E-state index contributed by atoms with van der Waals surface area (Å²) in [6.07, 6.45) is 2.01. The molecule has 8 aromatic carbocycles. The molecular weight excluding hydrogens is 867 g/mol. The van der Waals surface area contributed by atoms with Gasteiger partial charge in [0.15, 0.2) is 0 Å². The van der Waals surface area contributed by atoms with E-state index in [4.69, 9.17) is 0 Å². The highest BCUT2D eigenvalue weighted by atomic mass is 32.2. The number of thioether (sulfide) groups is 2. The van der Waals surface area contributed by atoms with Crippen LogP contribution in [0.2, 0.25) is 0 Å². The Morgan fingerprint density at radius 1 is 0.328 bits per heavy atom. The van der Waals surface area contributed by atoms with Crippen molar-refractivity contribution in [3.05, 3.63) is 216 Å². The summed E-state index contributed by atoms with van der Waals surface area (Å²) in [5, 5.41) is 6.07. The molecule has 10 heteroatoms. The van der Waals surface area contributed by atoms with Crippen LogP contribution in [0.1, 0.15) is 41.4 Å². The summed E-state index contributed by atoms with van der Waals surface area (Å²) in [7, 11) is -1.04. The molecule has 0 aromatic heterocycles. The molecule has 0 radical (unpaired) electrons. The highest BCUT2D eigenvalue weighted by Crippen LogP contribution is 2.42. The summed E-state index contributed by atoms with van der Waals surface area (Å²) in [5.41, 5.74) is 2.04. The first kappa shape index (κ1) is 41.8. The number of benzene rings is 8. The molecule has 2 aliphatic heterocycles. The predicted molar refractivity (Wildman–Crippen MR) is 268 cm³/mol. The number of amides is 4. The van der Waals surface area contributed by atoms with Crippen molar-refractivity contribution in [3.63, 3.8) is 0 Å². The molecule has 0 unspecified atom stereocenters. The van der Waals surface area contributed by atoms with Gasteiger partial charge in [-0.2, -0.15) is 0 Å². The molecule has 2 aliphatic rings. The summed E-state index contributed by atoms with van der Waals surface area (Å²) in [6, 6.07) is 64.1. The molecule has 0 fully saturated rings. The highest BCUT2D eigenvalue weighted by Gasteiger charge is 2.40. The largest absolute Gasteiger partial charge is 0.268 e. The molecule has 0 saturated carbocycles. The Morgan fingerprint density at radius 3 is 0.859 bits per heavy atom. The number of imide groups is 2. The topological polar surface area (TPSA) is 74.8 Å². The summed E-state index contributed by atoms with van der Waals surface area (Å²) in [4.78, 5) is 61.3. The van der Waals surface area contributed by atoms with Gasteiger partial charge in [-0.25, -0.2) is 9.80 Å². The van der Waals surface area contributed by atoms with E-state index in [0.29, 0.717) is 22.1 Å². The molecule has 4 amide bonds. The lowest BCUT2D eigenvalue weighted by Crippen LogP contribution is -2.43. The number of anilines is 2. The number of carbonyl (C=O) groups excluding carboxylic acids is 4. The van der Waals surface area contributed by atoms with Crippen molar-refractivity contribution >= 4 is 106 Å². The normalized spacial score (nSPS) is 13.4.